The summed E-state index contributed by atoms with van der Waals surface area (Å²) in [6, 6.07) is 6.87. The van der Waals surface area contributed by atoms with E-state index in [0.717, 1.165) is 17.7 Å². The van der Waals surface area contributed by atoms with Gasteiger partial charge in [0.2, 0.25) is 0 Å². The zero-order chi connectivity index (χ0) is 14.8. The van der Waals surface area contributed by atoms with E-state index in [1.165, 1.54) is 35.8 Å². The molecule has 1 unspecified atom stereocenters. The van der Waals surface area contributed by atoms with Crippen LogP contribution in [-0.4, -0.2) is 5.11 Å². The Balaban J connectivity index is 1.79. The molecule has 21 heavy (non-hydrogen) atoms. The molecule has 1 aromatic carbocycles. The van der Waals surface area contributed by atoms with Gasteiger partial charge >= 0.3 is 0 Å². The van der Waals surface area contributed by atoms with Gasteiger partial charge in [-0.15, -0.1) is 11.3 Å². The zero-order valence-corrected chi connectivity index (χ0v) is 13.3. The molecule has 1 atom stereocenters. The molecule has 4 heteroatoms. The summed E-state index contributed by atoms with van der Waals surface area (Å²) in [4.78, 5) is 2.38. The van der Waals surface area contributed by atoms with Gasteiger partial charge in [0.05, 0.1) is 11.1 Å². The number of thiophene rings is 1. The van der Waals surface area contributed by atoms with Crippen LogP contribution >= 0.6 is 22.9 Å². The Morgan fingerprint density at radius 3 is 2.90 bits per heavy atom. The van der Waals surface area contributed by atoms with E-state index in [1.54, 1.807) is 23.5 Å². The molecule has 0 radical (unpaired) electrons. The van der Waals surface area contributed by atoms with E-state index in [2.05, 4.69) is 6.07 Å². The van der Waals surface area contributed by atoms with Crippen LogP contribution in [0.2, 0.25) is 5.02 Å². The molecule has 0 saturated carbocycles. The number of rotatable bonds is 3. The molecule has 1 heterocycles. The van der Waals surface area contributed by atoms with Gasteiger partial charge in [-0.3, -0.25) is 0 Å². The second-order valence-corrected chi connectivity index (χ2v) is 7.14. The second-order valence-electron chi connectivity index (χ2n) is 5.59. The number of hydrogen-bond donors (Lipinski definition) is 1. The summed E-state index contributed by atoms with van der Waals surface area (Å²) in [6.07, 6.45) is 5.73. The summed E-state index contributed by atoms with van der Waals surface area (Å²) in [7, 11) is 0. The molecule has 0 aliphatic heterocycles. The highest BCUT2D eigenvalue weighted by molar-refractivity contribution is 7.12. The van der Waals surface area contributed by atoms with Crippen molar-refractivity contribution in [2.75, 3.05) is 0 Å². The minimum atomic E-state index is -0.610. The molecule has 0 amide bonds. The predicted octanol–water partition coefficient (Wildman–Crippen LogP) is 5.09. The first kappa shape index (κ1) is 15.0. The molecule has 1 nitrogen and oxygen atoms in total. The molecule has 1 aliphatic carbocycles. The van der Waals surface area contributed by atoms with Gasteiger partial charge in [-0.2, -0.15) is 0 Å². The Kier molecular flexibility index (Phi) is 4.63. The Hall–Kier alpha value is -0.900. The summed E-state index contributed by atoms with van der Waals surface area (Å²) >= 11 is 7.66. The van der Waals surface area contributed by atoms with E-state index in [4.69, 9.17) is 11.6 Å². The number of aliphatic hydroxyl groups excluding tert-OH is 1. The fourth-order valence-corrected chi connectivity index (χ4v) is 4.32. The van der Waals surface area contributed by atoms with Crippen molar-refractivity contribution >= 4 is 22.9 Å². The fraction of sp³-hybridized carbons (Fsp3) is 0.412. The average molecular weight is 325 g/mol. The minimum absolute atomic E-state index is 0.120. The SMILES string of the molecule is OC(Cc1cccc(F)c1Cl)c1cc2c(s1)CCCCC2. The Morgan fingerprint density at radius 1 is 1.24 bits per heavy atom. The number of benzene rings is 1. The summed E-state index contributed by atoms with van der Waals surface area (Å²) in [5.74, 6) is -0.427. The van der Waals surface area contributed by atoms with E-state index in [-0.39, 0.29) is 5.02 Å². The molecule has 1 N–H and O–H groups in total. The molecular weight excluding hydrogens is 307 g/mol. The third-order valence-electron chi connectivity index (χ3n) is 4.04. The Morgan fingerprint density at radius 2 is 2.05 bits per heavy atom. The van der Waals surface area contributed by atoms with Gasteiger partial charge in [-0.25, -0.2) is 4.39 Å². The third-order valence-corrected chi connectivity index (χ3v) is 5.80. The van der Waals surface area contributed by atoms with Crippen LogP contribution in [0.4, 0.5) is 4.39 Å². The van der Waals surface area contributed by atoms with Gasteiger partial charge in [-0.1, -0.05) is 30.2 Å². The van der Waals surface area contributed by atoms with Gasteiger partial charge in [0, 0.05) is 16.2 Å². The maximum Gasteiger partial charge on any atom is 0.142 e. The molecule has 0 fully saturated rings. The van der Waals surface area contributed by atoms with Gasteiger partial charge in [0.15, 0.2) is 0 Å². The van der Waals surface area contributed by atoms with Gasteiger partial charge in [0.1, 0.15) is 5.82 Å². The van der Waals surface area contributed by atoms with Crippen LogP contribution in [0, 0.1) is 5.82 Å². The maximum atomic E-state index is 13.5. The predicted molar refractivity (Wildman–Crippen MR) is 85.7 cm³/mol. The van der Waals surface area contributed by atoms with Crippen molar-refractivity contribution in [3.8, 4) is 0 Å². The standard InChI is InChI=1S/C17H18ClFOS/c18-17-12(6-4-7-13(17)19)9-14(20)16-10-11-5-2-1-3-8-15(11)21-16/h4,6-7,10,14,20H,1-3,5,8-9H2. The van der Waals surface area contributed by atoms with Crippen molar-refractivity contribution in [2.24, 2.45) is 0 Å². The van der Waals surface area contributed by atoms with Crippen LogP contribution < -0.4 is 0 Å². The molecule has 2 aromatic rings. The average Bonchev–Trinajstić information content (AvgIpc) is 2.75. The van der Waals surface area contributed by atoms with E-state index in [1.807, 2.05) is 0 Å². The largest absolute Gasteiger partial charge is 0.387 e. The quantitative estimate of drug-likeness (QED) is 0.780. The Bertz CT molecular complexity index is 614. The number of fused-ring (bicyclic) bond motifs is 1. The number of aryl methyl sites for hydroxylation is 2. The highest BCUT2D eigenvalue weighted by Gasteiger charge is 2.18. The van der Waals surface area contributed by atoms with Crippen molar-refractivity contribution < 1.29 is 9.50 Å². The molecule has 1 aliphatic rings. The molecule has 112 valence electrons. The van der Waals surface area contributed by atoms with Crippen molar-refractivity contribution in [3.05, 3.63) is 56.0 Å². The first-order chi connectivity index (χ1) is 10.1. The van der Waals surface area contributed by atoms with Crippen LogP contribution in [0.1, 0.15) is 46.2 Å². The molecule has 3 rings (SSSR count). The van der Waals surface area contributed by atoms with Gasteiger partial charge in [0.25, 0.3) is 0 Å². The van der Waals surface area contributed by atoms with Crippen LogP contribution in [0.15, 0.2) is 24.3 Å². The molecule has 0 bridgehead atoms. The molecule has 0 spiro atoms. The summed E-state index contributed by atoms with van der Waals surface area (Å²) in [6.45, 7) is 0. The lowest BCUT2D eigenvalue weighted by Crippen LogP contribution is -2.01. The molecule has 0 saturated heterocycles. The number of aliphatic hydroxyl groups is 1. The van der Waals surface area contributed by atoms with E-state index in [0.29, 0.717) is 12.0 Å². The van der Waals surface area contributed by atoms with Crippen LogP contribution in [-0.2, 0) is 19.3 Å². The lowest BCUT2D eigenvalue weighted by atomic mass is 10.0. The van der Waals surface area contributed by atoms with Crippen molar-refractivity contribution in [3.63, 3.8) is 0 Å². The number of halogens is 2. The third kappa shape index (κ3) is 3.31. The first-order valence-electron chi connectivity index (χ1n) is 7.37. The van der Waals surface area contributed by atoms with Gasteiger partial charge < -0.3 is 5.11 Å². The summed E-state index contributed by atoms with van der Waals surface area (Å²) < 4.78 is 13.5. The van der Waals surface area contributed by atoms with Crippen LogP contribution in [0.5, 0.6) is 0 Å². The summed E-state index contributed by atoms with van der Waals surface area (Å²) in [5, 5.41) is 10.6. The van der Waals surface area contributed by atoms with Crippen molar-refractivity contribution in [1.82, 2.24) is 0 Å². The minimum Gasteiger partial charge on any atom is -0.387 e. The first-order valence-corrected chi connectivity index (χ1v) is 8.57. The summed E-state index contributed by atoms with van der Waals surface area (Å²) in [5.41, 5.74) is 2.05. The van der Waals surface area contributed by atoms with E-state index >= 15 is 0 Å². The van der Waals surface area contributed by atoms with E-state index in [9.17, 15) is 9.50 Å². The second kappa shape index (κ2) is 6.47. The lowest BCUT2D eigenvalue weighted by molar-refractivity contribution is 0.182. The molecular formula is C17H18ClFOS. The highest BCUT2D eigenvalue weighted by atomic mass is 35.5. The van der Waals surface area contributed by atoms with Crippen LogP contribution in [0.3, 0.4) is 0 Å². The molecule has 1 aromatic heterocycles. The van der Waals surface area contributed by atoms with E-state index < -0.39 is 11.9 Å². The number of hydrogen-bond acceptors (Lipinski definition) is 2. The fourth-order valence-electron chi connectivity index (χ4n) is 2.87. The highest BCUT2D eigenvalue weighted by Crippen LogP contribution is 2.34. The Labute approximate surface area is 133 Å². The maximum absolute atomic E-state index is 13.5. The van der Waals surface area contributed by atoms with Crippen molar-refractivity contribution in [2.45, 2.75) is 44.6 Å². The monoisotopic (exact) mass is 324 g/mol. The zero-order valence-electron chi connectivity index (χ0n) is 11.7. The van der Waals surface area contributed by atoms with Gasteiger partial charge in [-0.05, 0) is 48.9 Å². The lowest BCUT2D eigenvalue weighted by Gasteiger charge is -2.10. The normalized spacial score (nSPS) is 16.3. The topological polar surface area (TPSA) is 20.2 Å². The van der Waals surface area contributed by atoms with Crippen LogP contribution in [0.25, 0.3) is 0 Å². The van der Waals surface area contributed by atoms with Crippen molar-refractivity contribution in [1.29, 1.82) is 0 Å². The smallest absolute Gasteiger partial charge is 0.142 e.